The SMILES string of the molecule is CSc1nc([O-])c2nc(C)c([O-])nc2n1.[Na+].[Na+]. The number of rotatable bonds is 1. The predicted octanol–water partition coefficient (Wildman–Crippen LogP) is -6.39. The van der Waals surface area contributed by atoms with Gasteiger partial charge in [-0.3, -0.25) is 0 Å². The van der Waals surface area contributed by atoms with Crippen LogP contribution in [0.15, 0.2) is 5.16 Å². The number of hydrogen-bond donors (Lipinski definition) is 0. The molecule has 0 unspecified atom stereocenters. The fraction of sp³-hybridized carbons (Fsp3) is 0.250. The Morgan fingerprint density at radius 3 is 2.18 bits per heavy atom. The summed E-state index contributed by atoms with van der Waals surface area (Å²) in [5.74, 6) is -0.965. The summed E-state index contributed by atoms with van der Waals surface area (Å²) in [6.07, 6.45) is 1.74. The predicted molar refractivity (Wildman–Crippen MR) is 50.5 cm³/mol. The molecule has 2 heterocycles. The van der Waals surface area contributed by atoms with Crippen molar-refractivity contribution in [3.05, 3.63) is 5.69 Å². The first-order valence-electron chi connectivity index (χ1n) is 4.06. The molecule has 0 aromatic carbocycles. The van der Waals surface area contributed by atoms with Crippen LogP contribution in [0.3, 0.4) is 0 Å². The van der Waals surface area contributed by atoms with Crippen molar-refractivity contribution in [3.8, 4) is 11.8 Å². The van der Waals surface area contributed by atoms with Gasteiger partial charge in [0.15, 0.2) is 10.8 Å². The Balaban J connectivity index is 0.00000128. The van der Waals surface area contributed by atoms with Gasteiger partial charge in [0.1, 0.15) is 5.52 Å². The minimum atomic E-state index is -0.500. The van der Waals surface area contributed by atoms with Crippen LogP contribution in [0, 0.1) is 6.92 Å². The van der Waals surface area contributed by atoms with E-state index in [0.29, 0.717) is 5.16 Å². The van der Waals surface area contributed by atoms with E-state index >= 15 is 0 Å². The van der Waals surface area contributed by atoms with Gasteiger partial charge < -0.3 is 10.2 Å². The van der Waals surface area contributed by atoms with E-state index in [0.717, 1.165) is 0 Å². The molecule has 6 nitrogen and oxygen atoms in total. The van der Waals surface area contributed by atoms with Gasteiger partial charge in [-0.2, -0.15) is 0 Å². The Hall–Kier alpha value is 0.370. The van der Waals surface area contributed by atoms with E-state index in [1.807, 2.05) is 0 Å². The number of hydrogen-bond acceptors (Lipinski definition) is 7. The van der Waals surface area contributed by atoms with Gasteiger partial charge in [0, 0.05) is 17.5 Å². The average Bonchev–Trinajstić information content (AvgIpc) is 2.21. The van der Waals surface area contributed by atoms with Gasteiger partial charge in [0.2, 0.25) is 0 Å². The normalized spacial score (nSPS) is 9.53. The molecule has 0 spiro atoms. The van der Waals surface area contributed by atoms with Crippen molar-refractivity contribution in [1.82, 2.24) is 19.9 Å². The maximum Gasteiger partial charge on any atom is 1.00 e. The standard InChI is InChI=1S/C8H8N4O2S.2Na/c1-3-6(13)10-5-4(9-3)7(14)12-8(11-5)15-2;;/h1-2H3,(H2,10,11,12,13,14);;/q;2*+1/p-2. The molecule has 2 aromatic rings. The maximum absolute atomic E-state index is 11.5. The second-order valence-electron chi connectivity index (χ2n) is 2.80. The van der Waals surface area contributed by atoms with Crippen LogP contribution < -0.4 is 69.3 Å². The summed E-state index contributed by atoms with van der Waals surface area (Å²) >= 11 is 1.22. The molecule has 0 N–H and O–H groups in total. The Morgan fingerprint density at radius 2 is 1.59 bits per heavy atom. The van der Waals surface area contributed by atoms with E-state index in [2.05, 4.69) is 19.9 Å². The van der Waals surface area contributed by atoms with Crippen molar-refractivity contribution >= 4 is 22.9 Å². The summed E-state index contributed by atoms with van der Waals surface area (Å²) in [7, 11) is 0. The zero-order chi connectivity index (χ0) is 11.0. The molecule has 9 heteroatoms. The molecule has 0 fully saturated rings. The van der Waals surface area contributed by atoms with Crippen LogP contribution >= 0.6 is 11.8 Å². The Morgan fingerprint density at radius 1 is 0.941 bits per heavy atom. The zero-order valence-electron chi connectivity index (χ0n) is 10.0. The fourth-order valence-corrected chi connectivity index (χ4v) is 1.42. The minimum Gasteiger partial charge on any atom is -0.857 e. The van der Waals surface area contributed by atoms with Crippen LogP contribution in [-0.4, -0.2) is 26.2 Å². The molecule has 0 amide bonds. The number of nitrogens with zero attached hydrogens (tertiary/aromatic N) is 4. The molecule has 0 atom stereocenters. The van der Waals surface area contributed by atoms with Crippen molar-refractivity contribution in [2.75, 3.05) is 6.26 Å². The monoisotopic (exact) mass is 268 g/mol. The van der Waals surface area contributed by atoms with Gasteiger partial charge in [0.05, 0.1) is 0 Å². The molecule has 0 bridgehead atoms. The average molecular weight is 268 g/mol. The molecule has 2 aromatic heterocycles. The van der Waals surface area contributed by atoms with Crippen molar-refractivity contribution in [2.24, 2.45) is 0 Å². The van der Waals surface area contributed by atoms with Crippen LogP contribution in [0.1, 0.15) is 5.69 Å². The van der Waals surface area contributed by atoms with E-state index in [9.17, 15) is 10.2 Å². The van der Waals surface area contributed by atoms with Crippen LogP contribution in [0.25, 0.3) is 11.2 Å². The largest absolute Gasteiger partial charge is 1.00 e. The third-order valence-corrected chi connectivity index (χ3v) is 2.34. The molecular formula is C8H6N4Na2O2S. The molecule has 0 aliphatic carbocycles. The van der Waals surface area contributed by atoms with Crippen molar-refractivity contribution in [1.29, 1.82) is 0 Å². The zero-order valence-corrected chi connectivity index (χ0v) is 14.8. The van der Waals surface area contributed by atoms with Crippen molar-refractivity contribution < 1.29 is 69.3 Å². The summed E-state index contributed by atoms with van der Waals surface area (Å²) in [4.78, 5) is 15.1. The Bertz CT molecular complexity index is 540. The van der Waals surface area contributed by atoms with Crippen LogP contribution in [0.5, 0.6) is 11.8 Å². The van der Waals surface area contributed by atoms with E-state index < -0.39 is 11.8 Å². The van der Waals surface area contributed by atoms with Crippen LogP contribution in [-0.2, 0) is 0 Å². The van der Waals surface area contributed by atoms with Gasteiger partial charge in [-0.25, -0.2) is 19.9 Å². The summed E-state index contributed by atoms with van der Waals surface area (Å²) in [6, 6.07) is 0. The Kier molecular flexibility index (Phi) is 7.23. The molecule has 0 radical (unpaired) electrons. The van der Waals surface area contributed by atoms with E-state index in [4.69, 9.17) is 0 Å². The van der Waals surface area contributed by atoms with E-state index in [-0.39, 0.29) is 76.0 Å². The number of thioether (sulfide) groups is 1. The first-order valence-corrected chi connectivity index (χ1v) is 5.28. The molecule has 2 rings (SSSR count). The summed E-state index contributed by atoms with van der Waals surface area (Å²) in [5, 5.41) is 23.0. The molecular weight excluding hydrogens is 262 g/mol. The number of fused-ring (bicyclic) bond motifs is 1. The fourth-order valence-electron chi connectivity index (χ4n) is 1.06. The molecule has 17 heavy (non-hydrogen) atoms. The summed E-state index contributed by atoms with van der Waals surface area (Å²) in [5.41, 5.74) is 0.292. The second-order valence-corrected chi connectivity index (χ2v) is 3.58. The molecule has 0 saturated carbocycles. The molecule has 0 aliphatic heterocycles. The smallest absolute Gasteiger partial charge is 0.857 e. The van der Waals surface area contributed by atoms with Crippen LogP contribution in [0.2, 0.25) is 0 Å². The topological polar surface area (TPSA) is 97.7 Å². The van der Waals surface area contributed by atoms with Crippen molar-refractivity contribution in [3.63, 3.8) is 0 Å². The third kappa shape index (κ3) is 3.66. The van der Waals surface area contributed by atoms with E-state index in [1.165, 1.54) is 18.7 Å². The minimum absolute atomic E-state index is 0. The van der Waals surface area contributed by atoms with E-state index in [1.54, 1.807) is 6.26 Å². The van der Waals surface area contributed by atoms with Crippen molar-refractivity contribution in [2.45, 2.75) is 12.1 Å². The molecule has 0 aliphatic rings. The number of aryl methyl sites for hydroxylation is 1. The molecule has 78 valence electrons. The van der Waals surface area contributed by atoms with Crippen LogP contribution in [0.4, 0.5) is 0 Å². The second kappa shape index (κ2) is 7.08. The first-order chi connectivity index (χ1) is 7.11. The van der Waals surface area contributed by atoms with Gasteiger partial charge in [-0.05, 0) is 13.2 Å². The van der Waals surface area contributed by atoms with Gasteiger partial charge in [-0.15, -0.1) is 0 Å². The van der Waals surface area contributed by atoms with Gasteiger partial charge in [-0.1, -0.05) is 11.8 Å². The molecule has 0 saturated heterocycles. The summed E-state index contributed by atoms with van der Waals surface area (Å²) < 4.78 is 0. The Labute approximate surface area is 146 Å². The summed E-state index contributed by atoms with van der Waals surface area (Å²) in [6.45, 7) is 1.50. The third-order valence-electron chi connectivity index (χ3n) is 1.79. The maximum atomic E-state index is 11.5. The quantitative estimate of drug-likeness (QED) is 0.288. The van der Waals surface area contributed by atoms with Gasteiger partial charge >= 0.3 is 59.1 Å². The van der Waals surface area contributed by atoms with Gasteiger partial charge in [0.25, 0.3) is 0 Å². The number of aromatic nitrogens is 4. The first kappa shape index (κ1) is 17.4.